The number of benzene rings is 1. The number of hydrogen-bond acceptors (Lipinski definition) is 5. The minimum Gasteiger partial charge on any atom is -0.454 e. The molecular formula is C20H25NO5. The zero-order valence-corrected chi connectivity index (χ0v) is 15.3. The molecule has 140 valence electrons. The molecule has 1 fully saturated rings. The van der Waals surface area contributed by atoms with Crippen LogP contribution >= 0.6 is 0 Å². The monoisotopic (exact) mass is 359 g/mol. The second-order valence-corrected chi connectivity index (χ2v) is 6.77. The Morgan fingerprint density at radius 2 is 1.92 bits per heavy atom. The molecule has 0 spiro atoms. The molecule has 3 rings (SSSR count). The standard InChI is InChI=1S/C20H25NO5/c1-14(20(23)21(2)16-6-4-3-5-7-16)26-19(22)11-9-15-8-10-17-18(12-15)25-13-24-17/h8-12,14,16H,3-7,13H2,1-2H3/b11-9+/t14-/m0/s1. The molecule has 1 aliphatic heterocycles. The average Bonchev–Trinajstić information content (AvgIpc) is 3.13. The van der Waals surface area contributed by atoms with Crippen LogP contribution in [-0.2, 0) is 14.3 Å². The molecule has 1 saturated carbocycles. The largest absolute Gasteiger partial charge is 0.454 e. The molecule has 1 aromatic carbocycles. The lowest BCUT2D eigenvalue weighted by molar-refractivity contribution is -0.156. The van der Waals surface area contributed by atoms with Gasteiger partial charge in [0.05, 0.1) is 0 Å². The SMILES string of the molecule is C[C@H](OC(=O)/C=C/c1ccc2c(c1)OCO2)C(=O)N(C)C1CCCCC1. The van der Waals surface area contributed by atoms with E-state index in [1.807, 2.05) is 6.07 Å². The fourth-order valence-electron chi connectivity index (χ4n) is 3.38. The summed E-state index contributed by atoms with van der Waals surface area (Å²) in [4.78, 5) is 26.2. The normalized spacial score (nSPS) is 17.9. The molecule has 0 unspecified atom stereocenters. The summed E-state index contributed by atoms with van der Waals surface area (Å²) in [5, 5.41) is 0. The molecule has 1 aliphatic carbocycles. The topological polar surface area (TPSA) is 65.1 Å². The fraction of sp³-hybridized carbons (Fsp3) is 0.500. The van der Waals surface area contributed by atoms with E-state index in [0.29, 0.717) is 11.5 Å². The summed E-state index contributed by atoms with van der Waals surface area (Å²) in [6.07, 6.45) is 7.72. The molecule has 0 saturated heterocycles. The number of carbonyl (C=O) groups is 2. The average molecular weight is 359 g/mol. The van der Waals surface area contributed by atoms with Crippen molar-refractivity contribution in [3.05, 3.63) is 29.8 Å². The summed E-state index contributed by atoms with van der Waals surface area (Å²) in [5.41, 5.74) is 0.796. The van der Waals surface area contributed by atoms with Crippen LogP contribution in [0.5, 0.6) is 11.5 Å². The summed E-state index contributed by atoms with van der Waals surface area (Å²) in [6, 6.07) is 5.65. The van der Waals surface area contributed by atoms with Crippen LogP contribution < -0.4 is 9.47 Å². The summed E-state index contributed by atoms with van der Waals surface area (Å²) >= 11 is 0. The summed E-state index contributed by atoms with van der Waals surface area (Å²) in [7, 11) is 1.80. The molecule has 26 heavy (non-hydrogen) atoms. The lowest BCUT2D eigenvalue weighted by Gasteiger charge is -2.32. The molecule has 0 radical (unpaired) electrons. The Kier molecular flexibility index (Phi) is 5.81. The van der Waals surface area contributed by atoms with Gasteiger partial charge in [0.15, 0.2) is 17.6 Å². The van der Waals surface area contributed by atoms with E-state index in [9.17, 15) is 9.59 Å². The molecular weight excluding hydrogens is 334 g/mol. The number of amides is 1. The van der Waals surface area contributed by atoms with Gasteiger partial charge in [0, 0.05) is 19.2 Å². The first-order valence-electron chi connectivity index (χ1n) is 9.09. The maximum absolute atomic E-state index is 12.5. The van der Waals surface area contributed by atoms with Crippen LogP contribution in [0.2, 0.25) is 0 Å². The molecule has 6 nitrogen and oxygen atoms in total. The Balaban J connectivity index is 1.52. The Hall–Kier alpha value is -2.50. The first kappa shape index (κ1) is 18.3. The van der Waals surface area contributed by atoms with E-state index in [0.717, 1.165) is 31.2 Å². The number of ether oxygens (including phenoxy) is 3. The van der Waals surface area contributed by atoms with Gasteiger partial charge in [-0.25, -0.2) is 4.79 Å². The number of nitrogens with zero attached hydrogens (tertiary/aromatic N) is 1. The molecule has 2 aliphatic rings. The van der Waals surface area contributed by atoms with Gasteiger partial charge in [0.2, 0.25) is 6.79 Å². The van der Waals surface area contributed by atoms with Crippen molar-refractivity contribution in [2.45, 2.75) is 51.2 Å². The molecule has 1 amide bonds. The fourth-order valence-corrected chi connectivity index (χ4v) is 3.38. The molecule has 1 aromatic rings. The van der Waals surface area contributed by atoms with Crippen LogP contribution in [0.25, 0.3) is 6.08 Å². The highest BCUT2D eigenvalue weighted by molar-refractivity contribution is 5.90. The number of fused-ring (bicyclic) bond motifs is 1. The van der Waals surface area contributed by atoms with E-state index in [-0.39, 0.29) is 18.7 Å². The molecule has 1 heterocycles. The quantitative estimate of drug-likeness (QED) is 0.597. The van der Waals surface area contributed by atoms with Crippen molar-refractivity contribution < 1.29 is 23.8 Å². The van der Waals surface area contributed by atoms with Crippen molar-refractivity contribution in [1.29, 1.82) is 0 Å². The Labute approximate surface area is 153 Å². The molecule has 0 bridgehead atoms. The predicted octanol–water partition coefficient (Wildman–Crippen LogP) is 3.15. The highest BCUT2D eigenvalue weighted by atomic mass is 16.7. The van der Waals surface area contributed by atoms with Crippen LogP contribution in [-0.4, -0.2) is 42.8 Å². The van der Waals surface area contributed by atoms with Crippen LogP contribution in [0.15, 0.2) is 24.3 Å². The highest BCUT2D eigenvalue weighted by Gasteiger charge is 2.27. The maximum Gasteiger partial charge on any atom is 0.331 e. The Morgan fingerprint density at radius 3 is 2.69 bits per heavy atom. The van der Waals surface area contributed by atoms with Crippen LogP contribution in [0.3, 0.4) is 0 Å². The van der Waals surface area contributed by atoms with Gasteiger partial charge in [-0.2, -0.15) is 0 Å². The highest BCUT2D eigenvalue weighted by Crippen LogP contribution is 2.32. The zero-order valence-electron chi connectivity index (χ0n) is 15.3. The summed E-state index contributed by atoms with van der Waals surface area (Å²) in [6.45, 7) is 1.83. The molecule has 6 heteroatoms. The predicted molar refractivity (Wildman–Crippen MR) is 96.8 cm³/mol. The van der Waals surface area contributed by atoms with Crippen molar-refractivity contribution in [2.75, 3.05) is 13.8 Å². The van der Waals surface area contributed by atoms with Gasteiger partial charge in [-0.15, -0.1) is 0 Å². The third-order valence-corrected chi connectivity index (χ3v) is 4.92. The van der Waals surface area contributed by atoms with E-state index < -0.39 is 12.1 Å². The number of hydrogen-bond donors (Lipinski definition) is 0. The van der Waals surface area contributed by atoms with Crippen molar-refractivity contribution >= 4 is 18.0 Å². The van der Waals surface area contributed by atoms with Gasteiger partial charge in [-0.1, -0.05) is 25.3 Å². The van der Waals surface area contributed by atoms with Crippen molar-refractivity contribution in [1.82, 2.24) is 4.90 Å². The first-order chi connectivity index (χ1) is 12.5. The van der Waals surface area contributed by atoms with Crippen LogP contribution in [0.4, 0.5) is 0 Å². The lowest BCUT2D eigenvalue weighted by atomic mass is 9.94. The maximum atomic E-state index is 12.5. The lowest BCUT2D eigenvalue weighted by Crippen LogP contribution is -2.44. The van der Waals surface area contributed by atoms with Crippen molar-refractivity contribution in [2.24, 2.45) is 0 Å². The third-order valence-electron chi connectivity index (χ3n) is 4.92. The second kappa shape index (κ2) is 8.25. The van der Waals surface area contributed by atoms with E-state index in [4.69, 9.17) is 14.2 Å². The van der Waals surface area contributed by atoms with Crippen LogP contribution in [0, 0.1) is 0 Å². The summed E-state index contributed by atoms with van der Waals surface area (Å²) < 4.78 is 15.8. The van der Waals surface area contributed by atoms with Gasteiger partial charge in [0.25, 0.3) is 5.91 Å². The molecule has 0 N–H and O–H groups in total. The number of carbonyl (C=O) groups excluding carboxylic acids is 2. The Bertz CT molecular complexity index is 693. The number of likely N-dealkylation sites (N-methyl/N-ethyl adjacent to an activating group) is 1. The number of esters is 1. The summed E-state index contributed by atoms with van der Waals surface area (Å²) in [5.74, 6) is 0.648. The minimum absolute atomic E-state index is 0.151. The van der Waals surface area contributed by atoms with Gasteiger partial charge in [0.1, 0.15) is 0 Å². The van der Waals surface area contributed by atoms with E-state index in [2.05, 4.69) is 0 Å². The van der Waals surface area contributed by atoms with Crippen LogP contribution in [0.1, 0.15) is 44.6 Å². The van der Waals surface area contributed by atoms with E-state index in [1.165, 1.54) is 12.5 Å². The number of rotatable bonds is 5. The van der Waals surface area contributed by atoms with Gasteiger partial charge < -0.3 is 19.1 Å². The molecule has 1 atom stereocenters. The van der Waals surface area contributed by atoms with E-state index in [1.54, 1.807) is 37.1 Å². The van der Waals surface area contributed by atoms with Gasteiger partial charge >= 0.3 is 5.97 Å². The first-order valence-corrected chi connectivity index (χ1v) is 9.09. The van der Waals surface area contributed by atoms with Crippen molar-refractivity contribution in [3.8, 4) is 11.5 Å². The van der Waals surface area contributed by atoms with Gasteiger partial charge in [-0.05, 0) is 43.5 Å². The Morgan fingerprint density at radius 1 is 1.19 bits per heavy atom. The van der Waals surface area contributed by atoms with Crippen molar-refractivity contribution in [3.63, 3.8) is 0 Å². The van der Waals surface area contributed by atoms with Gasteiger partial charge in [-0.3, -0.25) is 4.79 Å². The zero-order chi connectivity index (χ0) is 18.5. The smallest absolute Gasteiger partial charge is 0.331 e. The van der Waals surface area contributed by atoms with E-state index >= 15 is 0 Å². The third kappa shape index (κ3) is 4.36. The minimum atomic E-state index is -0.796. The molecule has 0 aromatic heterocycles. The second-order valence-electron chi connectivity index (χ2n) is 6.77.